The van der Waals surface area contributed by atoms with Gasteiger partial charge in [0.05, 0.1) is 0 Å². The Labute approximate surface area is 106 Å². The molecule has 0 bridgehead atoms. The van der Waals surface area contributed by atoms with Crippen molar-refractivity contribution < 1.29 is 4.79 Å². The second-order valence-electron chi connectivity index (χ2n) is 4.95. The average molecular weight is 249 g/mol. The number of piperazine rings is 1. The molecule has 1 aromatic rings. The Kier molecular flexibility index (Phi) is 3.29. The normalized spacial score (nSPS) is 25.6. The molecular weight excluding hydrogens is 230 g/mol. The summed E-state index contributed by atoms with van der Waals surface area (Å²) >= 11 is 0. The molecule has 2 aliphatic rings. The van der Waals surface area contributed by atoms with Gasteiger partial charge in [0.15, 0.2) is 0 Å². The van der Waals surface area contributed by atoms with E-state index in [4.69, 9.17) is 0 Å². The van der Waals surface area contributed by atoms with Gasteiger partial charge in [-0.05, 0) is 12.5 Å². The third-order valence-electron chi connectivity index (χ3n) is 3.85. The smallest absolute Gasteiger partial charge is 0.271 e. The van der Waals surface area contributed by atoms with Crippen molar-refractivity contribution in [1.82, 2.24) is 25.3 Å². The predicted molar refractivity (Wildman–Crippen MR) is 67.3 cm³/mol. The first kappa shape index (κ1) is 11.7. The molecule has 1 atom stereocenters. The van der Waals surface area contributed by atoms with Crippen LogP contribution in [0.15, 0.2) is 12.3 Å². The second kappa shape index (κ2) is 5.07. The van der Waals surface area contributed by atoms with E-state index >= 15 is 0 Å². The number of hydrogen-bond donors (Lipinski definition) is 2. The molecule has 1 unspecified atom stereocenters. The minimum absolute atomic E-state index is 0.0742. The Hall–Kier alpha value is -1.40. The molecule has 6 nitrogen and oxygen atoms in total. The van der Waals surface area contributed by atoms with Gasteiger partial charge in [0, 0.05) is 51.5 Å². The lowest BCUT2D eigenvalue weighted by atomic mass is 10.2. The molecule has 6 heteroatoms. The molecule has 2 fully saturated rings. The summed E-state index contributed by atoms with van der Waals surface area (Å²) in [5.74, 6) is 0.0742. The van der Waals surface area contributed by atoms with Gasteiger partial charge < -0.3 is 10.2 Å². The van der Waals surface area contributed by atoms with Crippen molar-refractivity contribution in [2.45, 2.75) is 12.5 Å². The van der Waals surface area contributed by atoms with Crippen LogP contribution < -0.4 is 5.32 Å². The van der Waals surface area contributed by atoms with E-state index in [1.165, 1.54) is 0 Å². The highest BCUT2D eigenvalue weighted by molar-refractivity contribution is 5.92. The first-order chi connectivity index (χ1) is 8.84. The number of carbonyl (C=O) groups is 1. The van der Waals surface area contributed by atoms with Crippen LogP contribution in [0.25, 0.3) is 0 Å². The number of hydrogen-bond acceptors (Lipinski definition) is 4. The molecular formula is C12H19N5O. The van der Waals surface area contributed by atoms with Crippen LogP contribution in [0.4, 0.5) is 0 Å². The van der Waals surface area contributed by atoms with E-state index < -0.39 is 0 Å². The maximum Gasteiger partial charge on any atom is 0.271 e. The average Bonchev–Trinajstić information content (AvgIpc) is 3.10. The van der Waals surface area contributed by atoms with E-state index in [2.05, 4.69) is 20.4 Å². The summed E-state index contributed by atoms with van der Waals surface area (Å²) in [5, 5.41) is 9.93. The van der Waals surface area contributed by atoms with Gasteiger partial charge in [-0.2, -0.15) is 5.10 Å². The minimum Gasteiger partial charge on any atom is -0.336 e. The molecule has 1 amide bonds. The first-order valence-electron chi connectivity index (χ1n) is 6.58. The molecule has 1 aromatic heterocycles. The summed E-state index contributed by atoms with van der Waals surface area (Å²) in [6.07, 6.45) is 2.71. The first-order valence-corrected chi connectivity index (χ1v) is 6.58. The molecule has 18 heavy (non-hydrogen) atoms. The lowest BCUT2D eigenvalue weighted by molar-refractivity contribution is 0.0767. The fraction of sp³-hybridized carbons (Fsp3) is 0.667. The second-order valence-corrected chi connectivity index (χ2v) is 4.95. The molecule has 0 radical (unpaired) electrons. The van der Waals surface area contributed by atoms with Crippen molar-refractivity contribution in [1.29, 1.82) is 0 Å². The van der Waals surface area contributed by atoms with E-state index in [1.54, 1.807) is 12.3 Å². The summed E-state index contributed by atoms with van der Waals surface area (Å²) in [6, 6.07) is 2.26. The Bertz CT molecular complexity index is 399. The van der Waals surface area contributed by atoms with Gasteiger partial charge in [-0.1, -0.05) is 0 Å². The number of aromatic nitrogens is 2. The van der Waals surface area contributed by atoms with Crippen LogP contribution >= 0.6 is 0 Å². The van der Waals surface area contributed by atoms with Crippen LogP contribution in [0.5, 0.6) is 0 Å². The number of amides is 1. The van der Waals surface area contributed by atoms with E-state index in [-0.39, 0.29) is 5.91 Å². The summed E-state index contributed by atoms with van der Waals surface area (Å²) in [7, 11) is 0. The molecule has 0 aliphatic carbocycles. The van der Waals surface area contributed by atoms with Crippen LogP contribution in [-0.4, -0.2) is 71.2 Å². The fourth-order valence-electron chi connectivity index (χ4n) is 2.82. The maximum atomic E-state index is 12.2. The quantitative estimate of drug-likeness (QED) is 0.744. The van der Waals surface area contributed by atoms with E-state index in [9.17, 15) is 4.79 Å². The number of H-pyrrole nitrogens is 1. The zero-order valence-corrected chi connectivity index (χ0v) is 10.4. The van der Waals surface area contributed by atoms with Gasteiger partial charge in [0.1, 0.15) is 5.69 Å². The molecule has 3 heterocycles. The van der Waals surface area contributed by atoms with Gasteiger partial charge in [0.25, 0.3) is 5.91 Å². The molecule has 98 valence electrons. The Morgan fingerprint density at radius 3 is 2.89 bits per heavy atom. The molecule has 0 spiro atoms. The standard InChI is InChI=1S/C12H19N5O/c18-12(11-1-3-14-15-11)17-6-2-10(9-17)16-7-4-13-5-8-16/h1,3,10,13H,2,4-9H2,(H,14,15). The van der Waals surface area contributed by atoms with Crippen molar-refractivity contribution >= 4 is 5.91 Å². The minimum atomic E-state index is 0.0742. The van der Waals surface area contributed by atoms with Crippen LogP contribution in [0.2, 0.25) is 0 Å². The molecule has 2 N–H and O–H groups in total. The lowest BCUT2D eigenvalue weighted by Crippen LogP contribution is -2.49. The summed E-state index contributed by atoms with van der Waals surface area (Å²) in [6.45, 7) is 6.01. The zero-order chi connectivity index (χ0) is 12.4. The molecule has 0 saturated carbocycles. The van der Waals surface area contributed by atoms with Gasteiger partial charge in [-0.15, -0.1) is 0 Å². The largest absolute Gasteiger partial charge is 0.336 e. The number of likely N-dealkylation sites (tertiary alicyclic amines) is 1. The number of carbonyl (C=O) groups excluding carboxylic acids is 1. The number of aromatic amines is 1. The van der Waals surface area contributed by atoms with Crippen molar-refractivity contribution in [2.75, 3.05) is 39.3 Å². The van der Waals surface area contributed by atoms with Crippen LogP contribution in [0, 0.1) is 0 Å². The fourth-order valence-corrected chi connectivity index (χ4v) is 2.82. The van der Waals surface area contributed by atoms with E-state index in [0.29, 0.717) is 11.7 Å². The number of nitrogens with one attached hydrogen (secondary N) is 2. The highest BCUT2D eigenvalue weighted by Crippen LogP contribution is 2.17. The van der Waals surface area contributed by atoms with Gasteiger partial charge in [-0.3, -0.25) is 14.8 Å². The predicted octanol–water partition coefficient (Wildman–Crippen LogP) is -0.471. The van der Waals surface area contributed by atoms with Crippen molar-refractivity contribution in [3.63, 3.8) is 0 Å². The van der Waals surface area contributed by atoms with Crippen LogP contribution in [0.3, 0.4) is 0 Å². The van der Waals surface area contributed by atoms with Gasteiger partial charge in [0.2, 0.25) is 0 Å². The Balaban J connectivity index is 1.59. The van der Waals surface area contributed by atoms with Crippen molar-refractivity contribution in [3.8, 4) is 0 Å². The highest BCUT2D eigenvalue weighted by Gasteiger charge is 2.31. The third kappa shape index (κ3) is 2.26. The zero-order valence-electron chi connectivity index (χ0n) is 10.4. The van der Waals surface area contributed by atoms with E-state index in [1.807, 2.05) is 4.90 Å². The lowest BCUT2D eigenvalue weighted by Gasteiger charge is -2.32. The highest BCUT2D eigenvalue weighted by atomic mass is 16.2. The SMILES string of the molecule is O=C(c1ccn[nH]1)N1CCC(N2CCNCC2)C1. The van der Waals surface area contributed by atoms with Gasteiger partial charge in [-0.25, -0.2) is 0 Å². The Morgan fingerprint density at radius 1 is 1.33 bits per heavy atom. The summed E-state index contributed by atoms with van der Waals surface area (Å²) < 4.78 is 0. The van der Waals surface area contributed by atoms with E-state index in [0.717, 1.165) is 45.7 Å². The van der Waals surface area contributed by atoms with Gasteiger partial charge >= 0.3 is 0 Å². The number of nitrogens with zero attached hydrogens (tertiary/aromatic N) is 3. The number of rotatable bonds is 2. The molecule has 2 aliphatic heterocycles. The maximum absolute atomic E-state index is 12.2. The molecule has 2 saturated heterocycles. The topological polar surface area (TPSA) is 64.3 Å². The van der Waals surface area contributed by atoms with Crippen LogP contribution in [0.1, 0.15) is 16.9 Å². The van der Waals surface area contributed by atoms with Crippen LogP contribution in [-0.2, 0) is 0 Å². The van der Waals surface area contributed by atoms with Crippen molar-refractivity contribution in [3.05, 3.63) is 18.0 Å². The third-order valence-corrected chi connectivity index (χ3v) is 3.85. The van der Waals surface area contributed by atoms with Crippen molar-refractivity contribution in [2.24, 2.45) is 0 Å². The summed E-state index contributed by atoms with van der Waals surface area (Å²) in [5.41, 5.74) is 0.593. The molecule has 0 aromatic carbocycles. The summed E-state index contributed by atoms with van der Waals surface area (Å²) in [4.78, 5) is 16.6. The molecule has 3 rings (SSSR count). The monoisotopic (exact) mass is 249 g/mol. The Morgan fingerprint density at radius 2 is 2.17 bits per heavy atom.